The van der Waals surface area contributed by atoms with E-state index in [9.17, 15) is 9.90 Å². The largest absolute Gasteiger partial charge is 0.392 e. The van der Waals surface area contributed by atoms with Crippen molar-refractivity contribution in [3.63, 3.8) is 0 Å². The normalized spacial score (nSPS) is 12.0. The third kappa shape index (κ3) is 3.68. The highest BCUT2D eigenvalue weighted by molar-refractivity contribution is 5.96. The fraction of sp³-hybridized carbons (Fsp3) is 0.235. The molecule has 2 aromatic carbocycles. The summed E-state index contributed by atoms with van der Waals surface area (Å²) >= 11 is 0. The summed E-state index contributed by atoms with van der Waals surface area (Å²) in [6, 6.07) is 14.5. The van der Waals surface area contributed by atoms with Crippen LogP contribution in [0.15, 0.2) is 48.5 Å². The first-order valence-corrected chi connectivity index (χ1v) is 6.85. The third-order valence-electron chi connectivity index (χ3n) is 3.41. The zero-order valence-electron chi connectivity index (χ0n) is 11.9. The number of benzene rings is 2. The van der Waals surface area contributed by atoms with Gasteiger partial charge in [0.2, 0.25) is 0 Å². The molecule has 1 atom stereocenters. The summed E-state index contributed by atoms with van der Waals surface area (Å²) < 4.78 is 0. The SMILES string of the molecule is CC(NC(=O)c1ccc(CO)cc1CO)c1ccccc1. The molecular weight excluding hydrogens is 266 g/mol. The zero-order valence-corrected chi connectivity index (χ0v) is 11.9. The minimum atomic E-state index is -0.240. The fourth-order valence-corrected chi connectivity index (χ4v) is 2.20. The van der Waals surface area contributed by atoms with Gasteiger partial charge in [-0.05, 0) is 29.7 Å². The summed E-state index contributed by atoms with van der Waals surface area (Å²) in [5.74, 6) is -0.236. The quantitative estimate of drug-likeness (QED) is 0.788. The van der Waals surface area contributed by atoms with Crippen molar-refractivity contribution in [2.75, 3.05) is 0 Å². The van der Waals surface area contributed by atoms with Gasteiger partial charge in [0.1, 0.15) is 0 Å². The molecule has 0 saturated carbocycles. The van der Waals surface area contributed by atoms with Crippen molar-refractivity contribution in [3.8, 4) is 0 Å². The number of carbonyl (C=O) groups excluding carboxylic acids is 1. The van der Waals surface area contributed by atoms with Crippen LogP contribution in [-0.2, 0) is 13.2 Å². The number of hydrogen-bond acceptors (Lipinski definition) is 3. The lowest BCUT2D eigenvalue weighted by Crippen LogP contribution is -2.27. The van der Waals surface area contributed by atoms with E-state index in [-0.39, 0.29) is 25.2 Å². The maximum Gasteiger partial charge on any atom is 0.252 e. The molecule has 0 aliphatic heterocycles. The molecule has 4 nitrogen and oxygen atoms in total. The number of nitrogens with one attached hydrogen (secondary N) is 1. The van der Waals surface area contributed by atoms with Crippen LogP contribution in [0, 0.1) is 0 Å². The van der Waals surface area contributed by atoms with Crippen LogP contribution < -0.4 is 5.32 Å². The Morgan fingerprint density at radius 2 is 1.81 bits per heavy atom. The van der Waals surface area contributed by atoms with Crippen molar-refractivity contribution < 1.29 is 15.0 Å². The second-order valence-electron chi connectivity index (χ2n) is 4.91. The Morgan fingerprint density at radius 3 is 2.43 bits per heavy atom. The van der Waals surface area contributed by atoms with Gasteiger partial charge in [-0.15, -0.1) is 0 Å². The molecule has 0 aromatic heterocycles. The number of hydrogen-bond donors (Lipinski definition) is 3. The smallest absolute Gasteiger partial charge is 0.252 e. The van der Waals surface area contributed by atoms with Gasteiger partial charge in [-0.3, -0.25) is 4.79 Å². The van der Waals surface area contributed by atoms with Crippen molar-refractivity contribution in [2.45, 2.75) is 26.2 Å². The molecule has 0 radical (unpaired) electrons. The molecular formula is C17H19NO3. The molecule has 110 valence electrons. The first-order valence-electron chi connectivity index (χ1n) is 6.85. The molecule has 0 aliphatic carbocycles. The van der Waals surface area contributed by atoms with Crippen LogP contribution in [0.2, 0.25) is 0 Å². The number of aliphatic hydroxyl groups is 2. The third-order valence-corrected chi connectivity index (χ3v) is 3.41. The number of carbonyl (C=O) groups is 1. The summed E-state index contributed by atoms with van der Waals surface area (Å²) in [7, 11) is 0. The van der Waals surface area contributed by atoms with E-state index in [0.29, 0.717) is 16.7 Å². The Labute approximate surface area is 124 Å². The van der Waals surface area contributed by atoms with Gasteiger partial charge in [-0.1, -0.05) is 42.5 Å². The van der Waals surface area contributed by atoms with Gasteiger partial charge >= 0.3 is 0 Å². The average molecular weight is 285 g/mol. The van der Waals surface area contributed by atoms with Gasteiger partial charge in [0.15, 0.2) is 0 Å². The molecule has 0 saturated heterocycles. The maximum absolute atomic E-state index is 12.3. The van der Waals surface area contributed by atoms with Crippen molar-refractivity contribution >= 4 is 5.91 Å². The molecule has 4 heteroatoms. The topological polar surface area (TPSA) is 69.6 Å². The lowest BCUT2D eigenvalue weighted by molar-refractivity contribution is 0.0936. The van der Waals surface area contributed by atoms with Crippen LogP contribution in [0.3, 0.4) is 0 Å². The van der Waals surface area contributed by atoms with E-state index in [1.165, 1.54) is 0 Å². The zero-order chi connectivity index (χ0) is 15.2. The molecule has 1 unspecified atom stereocenters. The summed E-state index contributed by atoms with van der Waals surface area (Å²) in [6.45, 7) is 1.56. The highest BCUT2D eigenvalue weighted by atomic mass is 16.3. The molecule has 0 heterocycles. The number of amides is 1. The summed E-state index contributed by atoms with van der Waals surface area (Å²) in [5.41, 5.74) is 2.63. The van der Waals surface area contributed by atoms with Crippen molar-refractivity contribution in [2.24, 2.45) is 0 Å². The van der Waals surface area contributed by atoms with E-state index >= 15 is 0 Å². The lowest BCUT2D eigenvalue weighted by atomic mass is 10.0. The summed E-state index contributed by atoms with van der Waals surface area (Å²) in [4.78, 5) is 12.3. The van der Waals surface area contributed by atoms with E-state index in [4.69, 9.17) is 5.11 Å². The van der Waals surface area contributed by atoms with Crippen LogP contribution in [0.4, 0.5) is 0 Å². The molecule has 2 rings (SSSR count). The van der Waals surface area contributed by atoms with Crippen LogP contribution in [0.25, 0.3) is 0 Å². The predicted octanol–water partition coefficient (Wildman–Crippen LogP) is 2.16. The van der Waals surface area contributed by atoms with E-state index < -0.39 is 0 Å². The van der Waals surface area contributed by atoms with Gasteiger partial charge in [0.25, 0.3) is 5.91 Å². The van der Waals surface area contributed by atoms with Crippen molar-refractivity contribution in [1.29, 1.82) is 0 Å². The van der Waals surface area contributed by atoms with Crippen molar-refractivity contribution in [1.82, 2.24) is 5.32 Å². The van der Waals surface area contributed by atoms with E-state index in [1.807, 2.05) is 37.3 Å². The fourth-order valence-electron chi connectivity index (χ4n) is 2.20. The minimum absolute atomic E-state index is 0.116. The van der Waals surface area contributed by atoms with Crippen LogP contribution in [-0.4, -0.2) is 16.1 Å². The van der Waals surface area contributed by atoms with E-state index in [1.54, 1.807) is 18.2 Å². The molecule has 0 fully saturated rings. The Balaban J connectivity index is 2.17. The maximum atomic E-state index is 12.3. The number of rotatable bonds is 5. The molecule has 2 aromatic rings. The molecule has 3 N–H and O–H groups in total. The second kappa shape index (κ2) is 7.02. The molecule has 1 amide bonds. The van der Waals surface area contributed by atoms with Gasteiger partial charge in [0, 0.05) is 5.56 Å². The van der Waals surface area contributed by atoms with Gasteiger partial charge < -0.3 is 15.5 Å². The summed E-state index contributed by atoms with van der Waals surface area (Å²) in [6.07, 6.45) is 0. The Morgan fingerprint density at radius 1 is 1.10 bits per heavy atom. The molecule has 0 spiro atoms. The molecule has 21 heavy (non-hydrogen) atoms. The van der Waals surface area contributed by atoms with Gasteiger partial charge in [-0.25, -0.2) is 0 Å². The molecule has 0 bridgehead atoms. The molecule has 0 aliphatic rings. The lowest BCUT2D eigenvalue weighted by Gasteiger charge is -2.16. The first kappa shape index (κ1) is 15.2. The second-order valence-corrected chi connectivity index (χ2v) is 4.91. The monoisotopic (exact) mass is 285 g/mol. The van der Waals surface area contributed by atoms with Gasteiger partial charge in [-0.2, -0.15) is 0 Å². The average Bonchev–Trinajstić information content (AvgIpc) is 2.54. The first-order chi connectivity index (χ1) is 10.2. The summed E-state index contributed by atoms with van der Waals surface area (Å²) in [5, 5.41) is 21.4. The Bertz CT molecular complexity index is 611. The highest BCUT2D eigenvalue weighted by Gasteiger charge is 2.14. The Hall–Kier alpha value is -2.17. The highest BCUT2D eigenvalue weighted by Crippen LogP contribution is 2.16. The van der Waals surface area contributed by atoms with Gasteiger partial charge in [0.05, 0.1) is 19.3 Å². The van der Waals surface area contributed by atoms with Crippen molar-refractivity contribution in [3.05, 3.63) is 70.8 Å². The van der Waals surface area contributed by atoms with Crippen LogP contribution in [0.5, 0.6) is 0 Å². The minimum Gasteiger partial charge on any atom is -0.392 e. The predicted molar refractivity (Wildman–Crippen MR) is 80.6 cm³/mol. The Kier molecular flexibility index (Phi) is 5.09. The van der Waals surface area contributed by atoms with E-state index in [0.717, 1.165) is 5.56 Å². The van der Waals surface area contributed by atoms with E-state index in [2.05, 4.69) is 5.32 Å². The van der Waals surface area contributed by atoms with Crippen LogP contribution in [0.1, 0.15) is 40.0 Å². The number of aliphatic hydroxyl groups excluding tert-OH is 2. The standard InChI is InChI=1S/C17H19NO3/c1-12(14-5-3-2-4-6-14)18-17(21)16-8-7-13(10-19)9-15(16)11-20/h2-9,12,19-20H,10-11H2,1H3,(H,18,21). The van der Waals surface area contributed by atoms with Crippen LogP contribution >= 0.6 is 0 Å².